The zero-order chi connectivity index (χ0) is 40.2. The van der Waals surface area contributed by atoms with E-state index in [2.05, 4.69) is 74.6 Å². The summed E-state index contributed by atoms with van der Waals surface area (Å²) in [5.41, 5.74) is 0. The van der Waals surface area contributed by atoms with Crippen molar-refractivity contribution in [1.29, 1.82) is 0 Å². The second-order valence-corrected chi connectivity index (χ2v) is 12.7. The molecule has 0 aromatic rings. The molecule has 1 heterocycles. The van der Waals surface area contributed by atoms with Gasteiger partial charge in [0.15, 0.2) is 12.4 Å². The minimum absolute atomic E-state index is 0.113. The van der Waals surface area contributed by atoms with Gasteiger partial charge in [-0.25, -0.2) is 0 Å². The van der Waals surface area contributed by atoms with Crippen molar-refractivity contribution in [3.05, 3.63) is 122 Å². The summed E-state index contributed by atoms with van der Waals surface area (Å²) in [7, 11) is 0. The van der Waals surface area contributed by atoms with Crippen molar-refractivity contribution >= 4 is 11.9 Å². The predicted molar refractivity (Wildman–Crippen MR) is 219 cm³/mol. The fourth-order valence-corrected chi connectivity index (χ4v) is 4.90. The molecule has 10 nitrogen and oxygen atoms in total. The molecule has 0 amide bonds. The first-order valence-corrected chi connectivity index (χ1v) is 19.7. The second kappa shape index (κ2) is 34.6. The maximum Gasteiger partial charge on any atom is 0.306 e. The first kappa shape index (κ1) is 49.1. The van der Waals surface area contributed by atoms with Crippen LogP contribution in [0.25, 0.3) is 0 Å². The van der Waals surface area contributed by atoms with Crippen molar-refractivity contribution in [2.24, 2.45) is 0 Å². The van der Waals surface area contributed by atoms with E-state index in [1.807, 2.05) is 60.8 Å². The molecule has 0 aromatic carbocycles. The van der Waals surface area contributed by atoms with Crippen molar-refractivity contribution in [2.45, 2.75) is 128 Å². The van der Waals surface area contributed by atoms with E-state index < -0.39 is 55.4 Å². The van der Waals surface area contributed by atoms with Crippen molar-refractivity contribution in [1.82, 2.24) is 0 Å². The van der Waals surface area contributed by atoms with Crippen LogP contribution in [0.15, 0.2) is 122 Å². The standard InChI is InChI=1S/C45H66O10/c1-3-5-7-9-11-13-15-17-18-19-20-22-23-25-27-29-31-33-40(47)52-36-38(37-53-45-44(51)43(50)42(49)39(35-46)55-45)54-41(48)34-32-30-28-26-24-21-16-14-12-10-8-6-4-2/h5-8,10-14,16-18,20-22,24-28,38-39,42-46,49-51H,3-4,9,15,19,23,29-37H2,1-2H3/b7-5+,8-6+,12-10+,13-11+,16-14+,18-17+,22-20+,24-21+,27-25+,28-26+/t38?,39-,42+,43?,44?,45-/m0/s1. The van der Waals surface area contributed by atoms with Crippen LogP contribution in [0.5, 0.6) is 0 Å². The number of hydrogen-bond acceptors (Lipinski definition) is 10. The highest BCUT2D eigenvalue weighted by atomic mass is 16.7. The number of aliphatic hydroxyl groups excluding tert-OH is 4. The molecule has 0 saturated carbocycles. The van der Waals surface area contributed by atoms with E-state index in [1.165, 1.54) is 0 Å². The van der Waals surface area contributed by atoms with E-state index in [0.717, 1.165) is 38.5 Å². The SMILES string of the molecule is CC/C=C/C=C/C=C/C=C/C=C/CCCC(=O)OC(COC(=O)CCC/C=C/C/C=C/C/C=C/C/C=C/C/C=C/CC)CO[C@H]1O[C@@H](CO)[C@@H](O)C(O)C1O. The number of carbonyl (C=O) groups is 2. The van der Waals surface area contributed by atoms with Crippen LogP contribution in [0.3, 0.4) is 0 Å². The summed E-state index contributed by atoms with van der Waals surface area (Å²) in [6.07, 6.45) is 40.8. The normalized spacial score (nSPS) is 21.9. The monoisotopic (exact) mass is 766 g/mol. The van der Waals surface area contributed by atoms with Gasteiger partial charge < -0.3 is 39.4 Å². The fraction of sp³-hybridized carbons (Fsp3) is 0.511. The van der Waals surface area contributed by atoms with E-state index in [0.29, 0.717) is 25.7 Å². The highest BCUT2D eigenvalue weighted by Crippen LogP contribution is 2.22. The highest BCUT2D eigenvalue weighted by molar-refractivity contribution is 5.70. The number of ether oxygens (including phenoxy) is 4. The minimum atomic E-state index is -1.62. The van der Waals surface area contributed by atoms with E-state index in [9.17, 15) is 30.0 Å². The Morgan fingerprint density at radius 2 is 1.07 bits per heavy atom. The maximum atomic E-state index is 12.7. The van der Waals surface area contributed by atoms with E-state index in [-0.39, 0.29) is 26.1 Å². The quantitative estimate of drug-likeness (QED) is 0.0260. The average molecular weight is 767 g/mol. The Kier molecular flexibility index (Phi) is 30.9. The second-order valence-electron chi connectivity index (χ2n) is 12.7. The molecule has 6 atom stereocenters. The molecule has 55 heavy (non-hydrogen) atoms. The van der Waals surface area contributed by atoms with Crippen LogP contribution in [0.4, 0.5) is 0 Å². The summed E-state index contributed by atoms with van der Waals surface area (Å²) in [6, 6.07) is 0. The van der Waals surface area contributed by atoms with Crippen LogP contribution in [0.2, 0.25) is 0 Å². The van der Waals surface area contributed by atoms with Crippen LogP contribution in [-0.2, 0) is 28.5 Å². The van der Waals surface area contributed by atoms with Crippen LogP contribution in [0, 0.1) is 0 Å². The number of carbonyl (C=O) groups excluding carboxylic acids is 2. The van der Waals surface area contributed by atoms with Gasteiger partial charge in [-0.05, 0) is 64.2 Å². The van der Waals surface area contributed by atoms with Crippen LogP contribution < -0.4 is 0 Å². The van der Waals surface area contributed by atoms with Gasteiger partial charge in [0.05, 0.1) is 13.2 Å². The summed E-state index contributed by atoms with van der Waals surface area (Å²) >= 11 is 0. The van der Waals surface area contributed by atoms with Crippen LogP contribution >= 0.6 is 0 Å². The molecule has 4 N–H and O–H groups in total. The number of unbranched alkanes of at least 4 members (excludes halogenated alkanes) is 2. The number of allylic oxidation sites excluding steroid dienone is 20. The zero-order valence-corrected chi connectivity index (χ0v) is 32.9. The molecular weight excluding hydrogens is 700 g/mol. The third kappa shape index (κ3) is 26.5. The van der Waals surface area contributed by atoms with Gasteiger partial charge in [0.2, 0.25) is 0 Å². The molecule has 1 aliphatic heterocycles. The summed E-state index contributed by atoms with van der Waals surface area (Å²) in [4.78, 5) is 25.2. The Balaban J connectivity index is 2.50. The molecule has 306 valence electrons. The van der Waals surface area contributed by atoms with Crippen molar-refractivity contribution in [2.75, 3.05) is 19.8 Å². The van der Waals surface area contributed by atoms with Gasteiger partial charge in [-0.1, -0.05) is 135 Å². The lowest BCUT2D eigenvalue weighted by Crippen LogP contribution is -2.59. The van der Waals surface area contributed by atoms with Gasteiger partial charge in [0.1, 0.15) is 31.0 Å². The molecular formula is C45H66O10. The van der Waals surface area contributed by atoms with Gasteiger partial charge in [-0.2, -0.15) is 0 Å². The number of esters is 2. The Hall–Kier alpha value is -3.90. The van der Waals surface area contributed by atoms with E-state index >= 15 is 0 Å². The summed E-state index contributed by atoms with van der Waals surface area (Å²) < 4.78 is 21.9. The molecule has 1 rings (SSSR count). The molecule has 0 aliphatic carbocycles. The Morgan fingerprint density at radius 3 is 1.64 bits per heavy atom. The topological polar surface area (TPSA) is 152 Å². The number of aliphatic hydroxyl groups is 4. The van der Waals surface area contributed by atoms with Gasteiger partial charge in [0.25, 0.3) is 0 Å². The lowest BCUT2D eigenvalue weighted by Gasteiger charge is -2.39. The Bertz CT molecular complexity index is 1300. The molecule has 1 saturated heterocycles. The summed E-state index contributed by atoms with van der Waals surface area (Å²) in [6.45, 7) is 2.98. The minimum Gasteiger partial charge on any atom is -0.462 e. The predicted octanol–water partition coefficient (Wildman–Crippen LogP) is 7.54. The van der Waals surface area contributed by atoms with Crippen LogP contribution in [0.1, 0.15) is 90.9 Å². The first-order chi connectivity index (χ1) is 26.8. The smallest absolute Gasteiger partial charge is 0.306 e. The molecule has 0 radical (unpaired) electrons. The highest BCUT2D eigenvalue weighted by Gasteiger charge is 2.44. The molecule has 0 bridgehead atoms. The molecule has 0 spiro atoms. The third-order valence-corrected chi connectivity index (χ3v) is 7.97. The molecule has 10 heteroatoms. The lowest BCUT2D eigenvalue weighted by atomic mass is 9.99. The zero-order valence-electron chi connectivity index (χ0n) is 32.9. The first-order valence-electron chi connectivity index (χ1n) is 19.7. The van der Waals surface area contributed by atoms with E-state index in [1.54, 1.807) is 0 Å². The maximum absolute atomic E-state index is 12.7. The van der Waals surface area contributed by atoms with Crippen molar-refractivity contribution in [3.8, 4) is 0 Å². The van der Waals surface area contributed by atoms with Crippen LogP contribution in [-0.4, -0.2) is 89.0 Å². The number of hydrogen-bond donors (Lipinski definition) is 4. The Labute approximate surface area is 329 Å². The summed E-state index contributed by atoms with van der Waals surface area (Å²) in [5, 5.41) is 39.9. The van der Waals surface area contributed by atoms with Gasteiger partial charge >= 0.3 is 11.9 Å². The van der Waals surface area contributed by atoms with Gasteiger partial charge in [0, 0.05) is 12.8 Å². The van der Waals surface area contributed by atoms with Gasteiger partial charge in [-0.15, -0.1) is 0 Å². The fourth-order valence-electron chi connectivity index (χ4n) is 4.90. The summed E-state index contributed by atoms with van der Waals surface area (Å²) in [5.74, 6) is -0.980. The van der Waals surface area contributed by atoms with Crippen molar-refractivity contribution < 1.29 is 49.0 Å². The van der Waals surface area contributed by atoms with Gasteiger partial charge in [-0.3, -0.25) is 9.59 Å². The molecule has 3 unspecified atom stereocenters. The molecule has 1 aliphatic rings. The largest absolute Gasteiger partial charge is 0.462 e. The Morgan fingerprint density at radius 1 is 0.582 bits per heavy atom. The lowest BCUT2D eigenvalue weighted by molar-refractivity contribution is -0.305. The number of rotatable bonds is 29. The van der Waals surface area contributed by atoms with Crippen molar-refractivity contribution in [3.63, 3.8) is 0 Å². The molecule has 0 aromatic heterocycles. The average Bonchev–Trinajstić information content (AvgIpc) is 3.18. The van der Waals surface area contributed by atoms with E-state index in [4.69, 9.17) is 18.9 Å². The third-order valence-electron chi connectivity index (χ3n) is 7.97. The molecule has 1 fully saturated rings.